The van der Waals surface area contributed by atoms with Crippen LogP contribution in [0.25, 0.3) is 11.0 Å². The first-order chi connectivity index (χ1) is 16.6. The number of fused-ring (bicyclic) bond motifs is 1. The van der Waals surface area contributed by atoms with Crippen LogP contribution in [0.2, 0.25) is 0 Å². The molecule has 1 aromatic carbocycles. The van der Waals surface area contributed by atoms with Crippen molar-refractivity contribution in [3.63, 3.8) is 0 Å². The van der Waals surface area contributed by atoms with Gasteiger partial charge in [0.25, 0.3) is 5.91 Å². The third kappa shape index (κ3) is 11.2. The van der Waals surface area contributed by atoms with E-state index in [1.54, 1.807) is 6.07 Å². The summed E-state index contributed by atoms with van der Waals surface area (Å²) in [6, 6.07) is 6.01. The smallest absolute Gasteiger partial charge is 0.349 e. The maximum absolute atomic E-state index is 12.3. The molecule has 6 heteroatoms. The molecule has 2 aromatic rings. The zero-order valence-electron chi connectivity index (χ0n) is 21.0. The van der Waals surface area contributed by atoms with Crippen LogP contribution < -0.4 is 16.3 Å². The fourth-order valence-corrected chi connectivity index (χ4v) is 4.15. The predicted molar refractivity (Wildman–Crippen MR) is 140 cm³/mol. The number of nitrogens with one attached hydrogen (secondary N) is 2. The molecule has 0 fully saturated rings. The van der Waals surface area contributed by atoms with E-state index in [2.05, 4.69) is 17.6 Å². The molecule has 0 atom stereocenters. The van der Waals surface area contributed by atoms with E-state index in [4.69, 9.17) is 4.42 Å². The van der Waals surface area contributed by atoms with Crippen molar-refractivity contribution in [2.45, 2.75) is 96.8 Å². The van der Waals surface area contributed by atoms with Crippen molar-refractivity contribution in [2.75, 3.05) is 19.6 Å². The Morgan fingerprint density at radius 2 is 1.35 bits per heavy atom. The number of hydrogen-bond acceptors (Lipinski definition) is 5. The van der Waals surface area contributed by atoms with Gasteiger partial charge in [0, 0.05) is 18.0 Å². The van der Waals surface area contributed by atoms with Gasteiger partial charge in [-0.2, -0.15) is 0 Å². The Labute approximate surface area is 204 Å². The Balaban J connectivity index is 1.42. The first kappa shape index (κ1) is 27.9. The number of aromatic hydroxyl groups is 1. The summed E-state index contributed by atoms with van der Waals surface area (Å²) in [5.74, 6) is -0.389. The molecule has 0 aliphatic carbocycles. The molecule has 0 bridgehead atoms. The molecule has 0 unspecified atom stereocenters. The normalized spacial score (nSPS) is 11.2. The maximum atomic E-state index is 12.3. The van der Waals surface area contributed by atoms with Crippen LogP contribution >= 0.6 is 0 Å². The average molecular weight is 473 g/mol. The van der Waals surface area contributed by atoms with Crippen LogP contribution in [0.5, 0.6) is 5.75 Å². The molecule has 3 N–H and O–H groups in total. The van der Waals surface area contributed by atoms with Crippen LogP contribution in [0.1, 0.15) is 107 Å². The summed E-state index contributed by atoms with van der Waals surface area (Å²) < 4.78 is 5.16. The van der Waals surface area contributed by atoms with Crippen molar-refractivity contribution >= 4 is 16.9 Å². The maximum Gasteiger partial charge on any atom is 0.349 e. The third-order valence-corrected chi connectivity index (χ3v) is 6.24. The van der Waals surface area contributed by atoms with Gasteiger partial charge in [-0.15, -0.1) is 0 Å². The second-order valence-electron chi connectivity index (χ2n) is 9.27. The molecule has 0 spiro atoms. The van der Waals surface area contributed by atoms with Gasteiger partial charge in [-0.3, -0.25) is 4.79 Å². The number of carbonyl (C=O) groups is 1. The number of rotatable bonds is 19. The van der Waals surface area contributed by atoms with E-state index >= 15 is 0 Å². The van der Waals surface area contributed by atoms with E-state index in [1.807, 2.05) is 0 Å². The molecule has 0 radical (unpaired) electrons. The zero-order chi connectivity index (χ0) is 24.4. The molecule has 0 aliphatic heterocycles. The lowest BCUT2D eigenvalue weighted by Crippen LogP contribution is -2.29. The van der Waals surface area contributed by atoms with Crippen molar-refractivity contribution in [2.24, 2.45) is 0 Å². The van der Waals surface area contributed by atoms with Gasteiger partial charge in [-0.1, -0.05) is 77.6 Å². The topological polar surface area (TPSA) is 91.6 Å². The van der Waals surface area contributed by atoms with E-state index < -0.39 is 11.5 Å². The molecule has 0 saturated heterocycles. The minimum atomic E-state index is -0.686. The monoisotopic (exact) mass is 472 g/mol. The lowest BCUT2D eigenvalue weighted by molar-refractivity contribution is 0.0949. The second kappa shape index (κ2) is 17.1. The van der Waals surface area contributed by atoms with Crippen molar-refractivity contribution in [3.05, 3.63) is 40.2 Å². The van der Waals surface area contributed by atoms with E-state index in [0.717, 1.165) is 12.8 Å². The number of hydrogen-bond donors (Lipinski definition) is 3. The molecular formula is C28H44N2O4. The molecule has 1 aromatic heterocycles. The first-order valence-electron chi connectivity index (χ1n) is 13.4. The Bertz CT molecular complexity index is 894. The predicted octanol–water partition coefficient (Wildman–Crippen LogP) is 6.30. The van der Waals surface area contributed by atoms with Crippen molar-refractivity contribution in [1.29, 1.82) is 0 Å². The zero-order valence-corrected chi connectivity index (χ0v) is 21.0. The number of benzene rings is 1. The molecule has 34 heavy (non-hydrogen) atoms. The Kier molecular flexibility index (Phi) is 14.1. The molecule has 1 heterocycles. The number of phenols is 1. The lowest BCUT2D eigenvalue weighted by Gasteiger charge is -2.06. The number of carbonyl (C=O) groups excluding carboxylic acids is 1. The van der Waals surface area contributed by atoms with Crippen LogP contribution in [-0.2, 0) is 0 Å². The summed E-state index contributed by atoms with van der Waals surface area (Å²) in [7, 11) is 0. The van der Waals surface area contributed by atoms with Gasteiger partial charge in [0.2, 0.25) is 0 Å². The van der Waals surface area contributed by atoms with E-state index in [0.29, 0.717) is 11.9 Å². The highest BCUT2D eigenvalue weighted by Gasteiger charge is 2.13. The summed E-state index contributed by atoms with van der Waals surface area (Å²) in [6.07, 6.45) is 17.7. The van der Waals surface area contributed by atoms with Gasteiger partial charge in [0.15, 0.2) is 0 Å². The third-order valence-electron chi connectivity index (χ3n) is 6.24. The van der Waals surface area contributed by atoms with Crippen LogP contribution in [-0.4, -0.2) is 30.6 Å². The highest BCUT2D eigenvalue weighted by atomic mass is 16.4. The minimum absolute atomic E-state index is 0.000875. The summed E-state index contributed by atoms with van der Waals surface area (Å²) in [5, 5.41) is 16.5. The van der Waals surface area contributed by atoms with Gasteiger partial charge < -0.3 is 20.2 Å². The van der Waals surface area contributed by atoms with E-state index in [9.17, 15) is 14.7 Å². The van der Waals surface area contributed by atoms with E-state index in [-0.39, 0.29) is 16.9 Å². The van der Waals surface area contributed by atoms with Crippen LogP contribution in [0.4, 0.5) is 0 Å². The highest BCUT2D eigenvalue weighted by Crippen LogP contribution is 2.19. The molecule has 2 rings (SSSR count). The standard InChI is InChI=1S/C28H44N2O4/c1-2-3-4-13-18-29-19-14-11-9-7-5-6-8-10-12-15-20-30-27(32)25-21-23-16-17-24(31)22-26(23)34-28(25)33/h16-17,21-22,29,31H,2-15,18-20H2,1H3,(H,30,32). The second-order valence-corrected chi connectivity index (χ2v) is 9.27. The van der Waals surface area contributed by atoms with Gasteiger partial charge >= 0.3 is 5.63 Å². The summed E-state index contributed by atoms with van der Waals surface area (Å²) in [4.78, 5) is 24.4. The van der Waals surface area contributed by atoms with Crippen molar-refractivity contribution < 1.29 is 14.3 Å². The van der Waals surface area contributed by atoms with Crippen molar-refractivity contribution in [1.82, 2.24) is 10.6 Å². The summed E-state index contributed by atoms with van der Waals surface area (Å²) >= 11 is 0. The first-order valence-corrected chi connectivity index (χ1v) is 13.4. The quantitative estimate of drug-likeness (QED) is 0.165. The van der Waals surface area contributed by atoms with Crippen molar-refractivity contribution in [3.8, 4) is 5.75 Å². The van der Waals surface area contributed by atoms with Crippen LogP contribution in [0, 0.1) is 0 Å². The lowest BCUT2D eigenvalue weighted by atomic mass is 10.1. The Morgan fingerprint density at radius 3 is 1.97 bits per heavy atom. The average Bonchev–Trinajstić information content (AvgIpc) is 2.82. The van der Waals surface area contributed by atoms with Crippen LogP contribution in [0.15, 0.2) is 33.5 Å². The largest absolute Gasteiger partial charge is 0.508 e. The van der Waals surface area contributed by atoms with Crippen LogP contribution in [0.3, 0.4) is 0 Å². The molecular weight excluding hydrogens is 428 g/mol. The summed E-state index contributed by atoms with van der Waals surface area (Å²) in [5.41, 5.74) is -0.415. The Morgan fingerprint density at radius 1 is 0.794 bits per heavy atom. The number of phenolic OH excluding ortho intramolecular Hbond substituents is 1. The number of amides is 1. The van der Waals surface area contributed by atoms with Gasteiger partial charge in [0.1, 0.15) is 16.9 Å². The molecule has 1 amide bonds. The molecule has 0 saturated carbocycles. The fraction of sp³-hybridized carbons (Fsp3) is 0.643. The highest BCUT2D eigenvalue weighted by molar-refractivity contribution is 5.96. The molecule has 0 aliphatic rings. The van der Waals surface area contributed by atoms with E-state index in [1.165, 1.54) is 108 Å². The number of unbranched alkanes of at least 4 members (excludes halogenated alkanes) is 12. The van der Waals surface area contributed by atoms with Gasteiger partial charge in [0.05, 0.1) is 0 Å². The molecule has 190 valence electrons. The SMILES string of the molecule is CCCCCCNCCCCCCCCCCCCNC(=O)c1cc2ccc(O)cc2oc1=O. The molecule has 6 nitrogen and oxygen atoms in total. The minimum Gasteiger partial charge on any atom is -0.508 e. The fourth-order valence-electron chi connectivity index (χ4n) is 4.15. The Hall–Kier alpha value is -2.34. The van der Waals surface area contributed by atoms with Gasteiger partial charge in [-0.25, -0.2) is 4.79 Å². The summed E-state index contributed by atoms with van der Waals surface area (Å²) in [6.45, 7) is 5.15. The van der Waals surface area contributed by atoms with Gasteiger partial charge in [-0.05, 0) is 50.6 Å².